The van der Waals surface area contributed by atoms with Crippen LogP contribution in [0.5, 0.6) is 0 Å². The molecule has 2 amide bonds. The Balaban J connectivity index is 2.13. The third-order valence-electron chi connectivity index (χ3n) is 3.42. The molecule has 1 fully saturated rings. The summed E-state index contributed by atoms with van der Waals surface area (Å²) in [5, 5.41) is 6.13. The highest BCUT2D eigenvalue weighted by atomic mass is 16.6. The van der Waals surface area contributed by atoms with Crippen LogP contribution >= 0.6 is 0 Å². The van der Waals surface area contributed by atoms with E-state index >= 15 is 0 Å². The highest BCUT2D eigenvalue weighted by Gasteiger charge is 2.23. The molecular weight excluding hydrogens is 258 g/mol. The fourth-order valence-corrected chi connectivity index (χ4v) is 2.19. The zero-order valence-corrected chi connectivity index (χ0v) is 12.6. The third-order valence-corrected chi connectivity index (χ3v) is 3.42. The van der Waals surface area contributed by atoms with Crippen molar-refractivity contribution in [3.63, 3.8) is 0 Å². The van der Waals surface area contributed by atoms with Crippen molar-refractivity contribution >= 4 is 12.0 Å². The standard InChI is InChI=1S/C14H27N3O3/c1-3-5-8-15-13(18)11-16-12-6-9-17(10-7-12)14(19)20-4-2/h12,16H,3-11H2,1-2H3,(H,15,18). The van der Waals surface area contributed by atoms with Crippen LogP contribution in [0.3, 0.4) is 0 Å². The first-order valence-electron chi connectivity index (χ1n) is 7.59. The first kappa shape index (κ1) is 16.8. The number of ether oxygens (including phenoxy) is 1. The summed E-state index contributed by atoms with van der Waals surface area (Å²) in [4.78, 5) is 24.8. The Morgan fingerprint density at radius 2 is 1.95 bits per heavy atom. The van der Waals surface area contributed by atoms with Crippen LogP contribution in [0.4, 0.5) is 4.79 Å². The maximum Gasteiger partial charge on any atom is 0.409 e. The molecule has 0 aromatic heterocycles. The molecule has 0 bridgehead atoms. The summed E-state index contributed by atoms with van der Waals surface area (Å²) in [5.74, 6) is 0.0475. The maximum absolute atomic E-state index is 11.6. The molecule has 0 aliphatic carbocycles. The van der Waals surface area contributed by atoms with E-state index in [1.165, 1.54) is 0 Å². The molecule has 0 radical (unpaired) electrons. The van der Waals surface area contributed by atoms with Crippen molar-refractivity contribution in [3.05, 3.63) is 0 Å². The number of likely N-dealkylation sites (tertiary alicyclic amines) is 1. The van der Waals surface area contributed by atoms with Gasteiger partial charge >= 0.3 is 6.09 Å². The van der Waals surface area contributed by atoms with Gasteiger partial charge in [0.05, 0.1) is 13.2 Å². The summed E-state index contributed by atoms with van der Waals surface area (Å²) >= 11 is 0. The van der Waals surface area contributed by atoms with Crippen LogP contribution in [-0.4, -0.2) is 55.7 Å². The summed E-state index contributed by atoms with van der Waals surface area (Å²) in [5.41, 5.74) is 0. The van der Waals surface area contributed by atoms with Gasteiger partial charge in [0.15, 0.2) is 0 Å². The smallest absolute Gasteiger partial charge is 0.409 e. The minimum Gasteiger partial charge on any atom is -0.450 e. The van der Waals surface area contributed by atoms with E-state index in [4.69, 9.17) is 4.74 Å². The quantitative estimate of drug-likeness (QED) is 0.688. The van der Waals surface area contributed by atoms with Crippen molar-refractivity contribution in [2.45, 2.75) is 45.6 Å². The second-order valence-electron chi connectivity index (χ2n) is 5.04. The van der Waals surface area contributed by atoms with Crippen molar-refractivity contribution in [3.8, 4) is 0 Å². The van der Waals surface area contributed by atoms with E-state index in [2.05, 4.69) is 17.6 Å². The lowest BCUT2D eigenvalue weighted by Crippen LogP contribution is -2.47. The van der Waals surface area contributed by atoms with E-state index in [0.717, 1.165) is 32.2 Å². The molecule has 20 heavy (non-hydrogen) atoms. The molecule has 2 N–H and O–H groups in total. The highest BCUT2D eigenvalue weighted by Crippen LogP contribution is 2.11. The van der Waals surface area contributed by atoms with E-state index in [1.54, 1.807) is 4.90 Å². The third kappa shape index (κ3) is 6.23. The van der Waals surface area contributed by atoms with E-state index in [9.17, 15) is 9.59 Å². The minimum absolute atomic E-state index is 0.0475. The van der Waals surface area contributed by atoms with Gasteiger partial charge < -0.3 is 20.3 Å². The molecule has 1 aliphatic rings. The highest BCUT2D eigenvalue weighted by molar-refractivity contribution is 5.77. The van der Waals surface area contributed by atoms with Gasteiger partial charge in [-0.15, -0.1) is 0 Å². The van der Waals surface area contributed by atoms with E-state index in [-0.39, 0.29) is 12.0 Å². The summed E-state index contributed by atoms with van der Waals surface area (Å²) in [6.07, 6.45) is 3.59. The van der Waals surface area contributed by atoms with Gasteiger partial charge in [0.1, 0.15) is 0 Å². The van der Waals surface area contributed by atoms with Gasteiger partial charge in [-0.25, -0.2) is 4.79 Å². The number of hydrogen-bond donors (Lipinski definition) is 2. The number of unbranched alkanes of at least 4 members (excludes halogenated alkanes) is 1. The molecule has 0 aromatic carbocycles. The molecule has 6 nitrogen and oxygen atoms in total. The monoisotopic (exact) mass is 285 g/mol. The number of nitrogens with one attached hydrogen (secondary N) is 2. The molecule has 116 valence electrons. The van der Waals surface area contributed by atoms with Crippen LogP contribution in [0.25, 0.3) is 0 Å². The molecule has 6 heteroatoms. The van der Waals surface area contributed by atoms with E-state index in [0.29, 0.717) is 32.3 Å². The van der Waals surface area contributed by atoms with Crippen LogP contribution in [0.15, 0.2) is 0 Å². The average molecular weight is 285 g/mol. The molecule has 0 atom stereocenters. The van der Waals surface area contributed by atoms with Gasteiger partial charge in [-0.05, 0) is 26.2 Å². The molecule has 0 saturated carbocycles. The lowest BCUT2D eigenvalue weighted by Gasteiger charge is -2.31. The van der Waals surface area contributed by atoms with Crippen LogP contribution in [0, 0.1) is 0 Å². The Labute approximate surface area is 121 Å². The van der Waals surface area contributed by atoms with Gasteiger partial charge in [-0.3, -0.25) is 4.79 Å². The molecule has 0 aromatic rings. The molecule has 1 rings (SSSR count). The van der Waals surface area contributed by atoms with Crippen LogP contribution < -0.4 is 10.6 Å². The Morgan fingerprint density at radius 1 is 1.25 bits per heavy atom. The zero-order valence-electron chi connectivity index (χ0n) is 12.6. The zero-order chi connectivity index (χ0) is 14.8. The number of piperidine rings is 1. The molecule has 1 saturated heterocycles. The summed E-state index contributed by atoms with van der Waals surface area (Å²) in [6.45, 7) is 6.80. The van der Waals surface area contributed by atoms with Gasteiger partial charge in [0.2, 0.25) is 5.91 Å². The van der Waals surface area contributed by atoms with Gasteiger partial charge in [-0.1, -0.05) is 13.3 Å². The molecule has 1 aliphatic heterocycles. The predicted octanol–water partition coefficient (Wildman–Crippen LogP) is 1.11. The van der Waals surface area contributed by atoms with Crippen molar-refractivity contribution in [2.75, 3.05) is 32.8 Å². The predicted molar refractivity (Wildman–Crippen MR) is 77.5 cm³/mol. The Hall–Kier alpha value is -1.30. The molecular formula is C14H27N3O3. The molecule has 0 unspecified atom stereocenters. The van der Waals surface area contributed by atoms with Crippen LogP contribution in [0.1, 0.15) is 39.5 Å². The first-order valence-corrected chi connectivity index (χ1v) is 7.59. The van der Waals surface area contributed by atoms with Crippen LogP contribution in [-0.2, 0) is 9.53 Å². The summed E-state index contributed by atoms with van der Waals surface area (Å²) in [6, 6.07) is 0.303. The lowest BCUT2D eigenvalue weighted by atomic mass is 10.1. The van der Waals surface area contributed by atoms with Crippen molar-refractivity contribution in [2.24, 2.45) is 0 Å². The van der Waals surface area contributed by atoms with Gasteiger partial charge in [0.25, 0.3) is 0 Å². The van der Waals surface area contributed by atoms with Crippen molar-refractivity contribution in [1.82, 2.24) is 15.5 Å². The van der Waals surface area contributed by atoms with Gasteiger partial charge in [-0.2, -0.15) is 0 Å². The summed E-state index contributed by atoms with van der Waals surface area (Å²) < 4.78 is 4.97. The number of amides is 2. The fourth-order valence-electron chi connectivity index (χ4n) is 2.19. The lowest BCUT2D eigenvalue weighted by molar-refractivity contribution is -0.120. The Morgan fingerprint density at radius 3 is 2.55 bits per heavy atom. The van der Waals surface area contributed by atoms with Crippen molar-refractivity contribution in [1.29, 1.82) is 0 Å². The number of rotatable bonds is 7. The fraction of sp³-hybridized carbons (Fsp3) is 0.857. The number of hydrogen-bond acceptors (Lipinski definition) is 4. The number of carbonyl (C=O) groups is 2. The first-order chi connectivity index (χ1) is 9.67. The topological polar surface area (TPSA) is 70.7 Å². The largest absolute Gasteiger partial charge is 0.450 e. The van der Waals surface area contributed by atoms with E-state index in [1.807, 2.05) is 6.92 Å². The normalized spacial score (nSPS) is 16.0. The molecule has 1 heterocycles. The minimum atomic E-state index is -0.233. The second-order valence-corrected chi connectivity index (χ2v) is 5.04. The second kappa shape index (κ2) is 9.58. The number of nitrogens with zero attached hydrogens (tertiary/aromatic N) is 1. The Bertz CT molecular complexity index is 302. The maximum atomic E-state index is 11.6. The Kier molecular flexibility index (Phi) is 8.02. The van der Waals surface area contributed by atoms with E-state index < -0.39 is 0 Å². The number of carbonyl (C=O) groups excluding carboxylic acids is 2. The van der Waals surface area contributed by atoms with Gasteiger partial charge in [0, 0.05) is 25.7 Å². The van der Waals surface area contributed by atoms with Crippen molar-refractivity contribution < 1.29 is 14.3 Å². The van der Waals surface area contributed by atoms with Crippen LogP contribution in [0.2, 0.25) is 0 Å². The molecule has 0 spiro atoms. The SMILES string of the molecule is CCCCNC(=O)CNC1CCN(C(=O)OCC)CC1. The average Bonchev–Trinajstić information content (AvgIpc) is 2.46. The summed E-state index contributed by atoms with van der Waals surface area (Å²) in [7, 11) is 0.